The molecule has 0 radical (unpaired) electrons. The molecule has 0 fully saturated rings. The summed E-state index contributed by atoms with van der Waals surface area (Å²) in [5, 5.41) is 3.45. The Morgan fingerprint density at radius 3 is 2.31 bits per heavy atom. The number of fused-ring (bicyclic) bond motifs is 1. The Morgan fingerprint density at radius 2 is 1.54 bits per heavy atom. The molecule has 35 heavy (non-hydrogen) atoms. The van der Waals surface area contributed by atoms with Crippen LogP contribution in [0.15, 0.2) is 89.7 Å². The van der Waals surface area contributed by atoms with Gasteiger partial charge in [0.05, 0.1) is 11.3 Å². The average molecular weight is 491 g/mol. The summed E-state index contributed by atoms with van der Waals surface area (Å²) in [5.74, 6) is -0.651. The van der Waals surface area contributed by atoms with E-state index in [1.165, 1.54) is 10.6 Å². The first-order valence-corrected chi connectivity index (χ1v) is 12.7. The van der Waals surface area contributed by atoms with Gasteiger partial charge in [-0.1, -0.05) is 72.8 Å². The fourth-order valence-electron chi connectivity index (χ4n) is 3.82. The number of nitrogens with two attached hydrogens (primary N) is 1. The van der Waals surface area contributed by atoms with Crippen LogP contribution < -0.4 is 21.3 Å². The Hall–Kier alpha value is -3.95. The molecule has 0 saturated heterocycles. The summed E-state index contributed by atoms with van der Waals surface area (Å²) in [4.78, 5) is 26.0. The van der Waals surface area contributed by atoms with E-state index >= 15 is 0 Å². The first-order chi connectivity index (χ1) is 16.8. The molecule has 0 unspecified atom stereocenters. The van der Waals surface area contributed by atoms with E-state index in [2.05, 4.69) is 10.0 Å². The van der Waals surface area contributed by atoms with Gasteiger partial charge in [0.2, 0.25) is 15.9 Å². The molecule has 8 nitrogen and oxygen atoms in total. The first kappa shape index (κ1) is 24.2. The third kappa shape index (κ3) is 6.14. The number of benzene rings is 3. The van der Waals surface area contributed by atoms with Gasteiger partial charge in [-0.15, -0.1) is 0 Å². The van der Waals surface area contributed by atoms with Crippen LogP contribution in [-0.2, 0) is 40.2 Å². The van der Waals surface area contributed by atoms with Crippen molar-refractivity contribution in [2.75, 3.05) is 4.72 Å². The topological polar surface area (TPSA) is 123 Å². The molecule has 0 bridgehead atoms. The molecule has 4 rings (SSSR count). The number of sulfonamides is 1. The maximum Gasteiger partial charge on any atom is 0.275 e. The molecule has 0 atom stereocenters. The van der Waals surface area contributed by atoms with Gasteiger partial charge in [0, 0.05) is 18.5 Å². The van der Waals surface area contributed by atoms with E-state index in [-0.39, 0.29) is 30.4 Å². The monoisotopic (exact) mass is 490 g/mol. The summed E-state index contributed by atoms with van der Waals surface area (Å²) in [6.45, 7) is 0.420. The highest BCUT2D eigenvalue weighted by molar-refractivity contribution is 7.91. The van der Waals surface area contributed by atoms with Crippen LogP contribution in [0.2, 0.25) is 0 Å². The zero-order chi connectivity index (χ0) is 24.8. The van der Waals surface area contributed by atoms with E-state index in [9.17, 15) is 18.0 Å². The summed E-state index contributed by atoms with van der Waals surface area (Å²) < 4.78 is 29.2. The lowest BCUT2D eigenvalue weighted by Gasteiger charge is -2.14. The quantitative estimate of drug-likeness (QED) is 0.333. The molecular formula is C26H26N4O4S. The van der Waals surface area contributed by atoms with Gasteiger partial charge in [0.25, 0.3) is 5.56 Å². The number of rotatable bonds is 9. The molecule has 1 heterocycles. The summed E-state index contributed by atoms with van der Waals surface area (Å²) in [6.07, 6.45) is 0. The largest absolute Gasteiger partial charge is 0.350 e. The molecule has 0 aliphatic carbocycles. The molecule has 1 amide bonds. The van der Waals surface area contributed by atoms with Crippen molar-refractivity contribution in [3.05, 3.63) is 112 Å². The van der Waals surface area contributed by atoms with Crippen molar-refractivity contribution in [3.8, 4) is 0 Å². The summed E-state index contributed by atoms with van der Waals surface area (Å²) in [5.41, 5.74) is 7.94. The Balaban J connectivity index is 1.58. The number of hydrogen-bond acceptors (Lipinski definition) is 5. The fourth-order valence-corrected chi connectivity index (χ4v) is 5.01. The first-order valence-electron chi connectivity index (χ1n) is 11.1. The Labute approximate surface area is 203 Å². The second-order valence-electron chi connectivity index (χ2n) is 8.16. The molecule has 0 spiro atoms. The fraction of sp³-hybridized carbons (Fsp3) is 0.154. The highest BCUT2D eigenvalue weighted by Crippen LogP contribution is 2.18. The van der Waals surface area contributed by atoms with E-state index in [0.717, 1.165) is 11.1 Å². The number of nitrogens with zero attached hydrogens (tertiary/aromatic N) is 1. The normalized spacial score (nSPS) is 11.3. The van der Waals surface area contributed by atoms with Crippen molar-refractivity contribution in [2.45, 2.75) is 25.4 Å². The van der Waals surface area contributed by atoms with Crippen molar-refractivity contribution in [1.29, 1.82) is 0 Å². The molecule has 4 N–H and O–H groups in total. The SMILES string of the molecule is NCc1cccc(CNC(=O)Cn2c(=O)c(NS(=O)(=O)Cc3ccccc3)cc3ccccc32)c1. The molecule has 9 heteroatoms. The van der Waals surface area contributed by atoms with Crippen LogP contribution >= 0.6 is 0 Å². The van der Waals surface area contributed by atoms with Gasteiger partial charge in [-0.05, 0) is 28.8 Å². The number of pyridine rings is 1. The predicted octanol–water partition coefficient (Wildman–Crippen LogP) is 2.72. The van der Waals surface area contributed by atoms with Crippen LogP contribution in [0.5, 0.6) is 0 Å². The molecule has 1 aromatic heterocycles. The van der Waals surface area contributed by atoms with Crippen molar-refractivity contribution in [2.24, 2.45) is 5.73 Å². The van der Waals surface area contributed by atoms with Crippen LogP contribution in [0.3, 0.4) is 0 Å². The molecular weight excluding hydrogens is 464 g/mol. The van der Waals surface area contributed by atoms with Crippen molar-refractivity contribution >= 4 is 32.5 Å². The van der Waals surface area contributed by atoms with Gasteiger partial charge in [-0.3, -0.25) is 18.9 Å². The molecule has 0 saturated carbocycles. The Bertz CT molecular complexity index is 1520. The Morgan fingerprint density at radius 1 is 0.857 bits per heavy atom. The zero-order valence-corrected chi connectivity index (χ0v) is 19.8. The van der Waals surface area contributed by atoms with Gasteiger partial charge in [-0.25, -0.2) is 8.42 Å². The second kappa shape index (κ2) is 10.5. The maximum atomic E-state index is 13.2. The highest BCUT2D eigenvalue weighted by Gasteiger charge is 2.18. The minimum atomic E-state index is -3.85. The lowest BCUT2D eigenvalue weighted by atomic mass is 10.1. The molecule has 180 valence electrons. The summed E-state index contributed by atoms with van der Waals surface area (Å²) >= 11 is 0. The third-order valence-electron chi connectivity index (χ3n) is 5.49. The lowest BCUT2D eigenvalue weighted by molar-refractivity contribution is -0.121. The standard InChI is InChI=1S/C26H26N4O4S/c27-15-20-9-6-10-21(13-20)16-28-25(31)17-30-24-12-5-4-11-22(24)14-23(26(30)32)29-35(33,34)18-19-7-2-1-3-8-19/h1-14,29H,15-18,27H2,(H,28,31). The molecule has 0 aliphatic rings. The van der Waals surface area contributed by atoms with E-state index in [1.54, 1.807) is 54.6 Å². The van der Waals surface area contributed by atoms with Gasteiger partial charge < -0.3 is 11.1 Å². The molecule has 0 aliphatic heterocycles. The van der Waals surface area contributed by atoms with Crippen molar-refractivity contribution in [3.63, 3.8) is 0 Å². The number of amides is 1. The average Bonchev–Trinajstić information content (AvgIpc) is 2.85. The van der Waals surface area contributed by atoms with Crippen LogP contribution in [0.4, 0.5) is 5.69 Å². The maximum absolute atomic E-state index is 13.2. The third-order valence-corrected chi connectivity index (χ3v) is 6.73. The summed E-state index contributed by atoms with van der Waals surface area (Å²) in [7, 11) is -3.85. The van der Waals surface area contributed by atoms with Crippen LogP contribution in [0.25, 0.3) is 10.9 Å². The second-order valence-corrected chi connectivity index (χ2v) is 9.88. The van der Waals surface area contributed by atoms with Crippen LogP contribution in [0, 0.1) is 0 Å². The Kier molecular flexibility index (Phi) is 7.28. The predicted molar refractivity (Wildman–Crippen MR) is 137 cm³/mol. The van der Waals surface area contributed by atoms with Crippen molar-refractivity contribution in [1.82, 2.24) is 9.88 Å². The van der Waals surface area contributed by atoms with E-state index < -0.39 is 15.6 Å². The number of carbonyl (C=O) groups is 1. The van der Waals surface area contributed by atoms with Gasteiger partial charge in [0.15, 0.2) is 0 Å². The van der Waals surface area contributed by atoms with Crippen molar-refractivity contribution < 1.29 is 13.2 Å². The number of carbonyl (C=O) groups excluding carboxylic acids is 1. The minimum absolute atomic E-state index is 0.108. The summed E-state index contributed by atoms with van der Waals surface area (Å²) in [6, 6.07) is 24.8. The number of hydrogen-bond donors (Lipinski definition) is 3. The number of para-hydroxylation sites is 1. The van der Waals surface area contributed by atoms with E-state index in [0.29, 0.717) is 23.0 Å². The lowest BCUT2D eigenvalue weighted by Crippen LogP contribution is -2.33. The highest BCUT2D eigenvalue weighted by atomic mass is 32.2. The van der Waals surface area contributed by atoms with E-state index in [4.69, 9.17) is 5.73 Å². The van der Waals surface area contributed by atoms with Gasteiger partial charge in [0.1, 0.15) is 12.2 Å². The zero-order valence-electron chi connectivity index (χ0n) is 19.0. The van der Waals surface area contributed by atoms with Gasteiger partial charge >= 0.3 is 0 Å². The van der Waals surface area contributed by atoms with Crippen LogP contribution in [-0.4, -0.2) is 18.9 Å². The van der Waals surface area contributed by atoms with E-state index in [1.807, 2.05) is 24.3 Å². The number of anilines is 1. The smallest absolute Gasteiger partial charge is 0.275 e. The minimum Gasteiger partial charge on any atom is -0.350 e. The number of nitrogens with one attached hydrogen (secondary N) is 2. The van der Waals surface area contributed by atoms with Crippen LogP contribution in [0.1, 0.15) is 16.7 Å². The number of aromatic nitrogens is 1. The molecule has 3 aromatic carbocycles. The van der Waals surface area contributed by atoms with Gasteiger partial charge in [-0.2, -0.15) is 0 Å². The molecule has 4 aromatic rings.